The van der Waals surface area contributed by atoms with E-state index in [9.17, 15) is 9.90 Å². The van der Waals surface area contributed by atoms with Crippen LogP contribution in [0.5, 0.6) is 5.75 Å². The largest absolute Gasteiger partial charge is 0.506 e. The Kier molecular flexibility index (Phi) is 7.01. The van der Waals surface area contributed by atoms with Gasteiger partial charge in [-0.2, -0.15) is 0 Å². The van der Waals surface area contributed by atoms with Crippen LogP contribution in [0.4, 0.5) is 5.69 Å². The number of halogens is 2. The standard InChI is InChI=1S/C21H20Br2N2O2S/c1-3-4-9-25-20(27)18(11-14-10-15(22)12-17(23)19(14)26)28-21(25)24-16-7-5-13(2)6-8-16/h5-8,10-12,26H,3-4,9H2,1-2H3/b18-11+,24-21?. The van der Waals surface area contributed by atoms with Gasteiger partial charge in [0.15, 0.2) is 5.17 Å². The fourth-order valence-electron chi connectivity index (χ4n) is 2.67. The van der Waals surface area contributed by atoms with Crippen molar-refractivity contribution in [2.24, 2.45) is 4.99 Å². The molecule has 0 saturated carbocycles. The van der Waals surface area contributed by atoms with Crippen LogP contribution in [0.2, 0.25) is 0 Å². The first-order chi connectivity index (χ1) is 13.4. The Balaban J connectivity index is 1.98. The molecule has 2 aromatic rings. The van der Waals surface area contributed by atoms with E-state index in [2.05, 4.69) is 38.8 Å². The van der Waals surface area contributed by atoms with E-state index in [1.165, 1.54) is 17.3 Å². The van der Waals surface area contributed by atoms with Crippen LogP contribution in [-0.2, 0) is 4.79 Å². The minimum Gasteiger partial charge on any atom is -0.506 e. The van der Waals surface area contributed by atoms with Crippen LogP contribution in [0.25, 0.3) is 6.08 Å². The third kappa shape index (κ3) is 4.88. The lowest BCUT2D eigenvalue weighted by Crippen LogP contribution is -2.30. The second kappa shape index (κ2) is 9.29. The predicted molar refractivity (Wildman–Crippen MR) is 124 cm³/mol. The number of benzene rings is 2. The summed E-state index contributed by atoms with van der Waals surface area (Å²) >= 11 is 8.10. The summed E-state index contributed by atoms with van der Waals surface area (Å²) < 4.78 is 1.39. The highest BCUT2D eigenvalue weighted by Gasteiger charge is 2.33. The van der Waals surface area contributed by atoms with E-state index >= 15 is 0 Å². The number of unbranched alkanes of at least 4 members (excludes halogenated alkanes) is 1. The van der Waals surface area contributed by atoms with Gasteiger partial charge in [0.25, 0.3) is 5.91 Å². The Morgan fingerprint density at radius 2 is 1.93 bits per heavy atom. The second-order valence-corrected chi connectivity index (χ2v) is 9.26. The topological polar surface area (TPSA) is 52.9 Å². The molecule has 0 radical (unpaired) electrons. The average Bonchev–Trinajstić information content (AvgIpc) is 2.94. The van der Waals surface area contributed by atoms with Crippen LogP contribution in [0.15, 0.2) is 55.2 Å². The predicted octanol–water partition coefficient (Wildman–Crippen LogP) is 6.63. The van der Waals surface area contributed by atoms with Crippen LogP contribution >= 0.6 is 43.6 Å². The summed E-state index contributed by atoms with van der Waals surface area (Å²) in [4.78, 5) is 20.0. The summed E-state index contributed by atoms with van der Waals surface area (Å²) in [6, 6.07) is 11.5. The van der Waals surface area contributed by atoms with Crippen molar-refractivity contribution in [1.82, 2.24) is 4.90 Å². The fourth-order valence-corrected chi connectivity index (χ4v) is 4.95. The maximum absolute atomic E-state index is 13.0. The van der Waals surface area contributed by atoms with Crippen molar-refractivity contribution < 1.29 is 9.90 Å². The van der Waals surface area contributed by atoms with E-state index in [1.807, 2.05) is 31.2 Å². The summed E-state index contributed by atoms with van der Waals surface area (Å²) in [7, 11) is 0. The van der Waals surface area contributed by atoms with Crippen molar-refractivity contribution in [3.8, 4) is 5.75 Å². The number of amides is 1. The SMILES string of the molecule is CCCCN1C(=O)/C(=C\c2cc(Br)cc(Br)c2O)SC1=Nc1ccc(C)cc1. The van der Waals surface area contributed by atoms with Crippen molar-refractivity contribution in [2.45, 2.75) is 26.7 Å². The smallest absolute Gasteiger partial charge is 0.266 e. The third-order valence-corrected chi connectivity index (χ3v) is 6.30. The minimum absolute atomic E-state index is 0.0835. The lowest BCUT2D eigenvalue weighted by atomic mass is 10.2. The molecule has 1 saturated heterocycles. The number of rotatable bonds is 5. The number of nitrogens with zero attached hydrogens (tertiary/aromatic N) is 2. The van der Waals surface area contributed by atoms with Gasteiger partial charge >= 0.3 is 0 Å². The number of aromatic hydroxyl groups is 1. The molecular weight excluding hydrogens is 504 g/mol. The normalized spacial score (nSPS) is 17.1. The molecular formula is C21H20Br2N2O2S. The molecule has 1 aliphatic heterocycles. The zero-order chi connectivity index (χ0) is 20.3. The van der Waals surface area contributed by atoms with Gasteiger partial charge in [0.05, 0.1) is 15.1 Å². The van der Waals surface area contributed by atoms with Crippen molar-refractivity contribution in [3.05, 3.63) is 61.4 Å². The number of phenolic OH excluding ortho intramolecular Hbond substituents is 1. The molecule has 0 atom stereocenters. The van der Waals surface area contributed by atoms with E-state index < -0.39 is 0 Å². The molecule has 0 unspecified atom stereocenters. The van der Waals surface area contributed by atoms with Gasteiger partial charge < -0.3 is 5.11 Å². The highest BCUT2D eigenvalue weighted by atomic mass is 79.9. The summed E-state index contributed by atoms with van der Waals surface area (Å²) in [6.45, 7) is 4.75. The van der Waals surface area contributed by atoms with Crippen molar-refractivity contribution in [2.75, 3.05) is 6.54 Å². The molecule has 0 aliphatic carbocycles. The van der Waals surface area contributed by atoms with Gasteiger partial charge in [-0.1, -0.05) is 47.0 Å². The summed E-state index contributed by atoms with van der Waals surface area (Å²) in [5.41, 5.74) is 2.55. The Bertz CT molecular complexity index is 956. The molecule has 7 heteroatoms. The molecule has 2 aromatic carbocycles. The van der Waals surface area contributed by atoms with Gasteiger partial charge in [-0.3, -0.25) is 9.69 Å². The number of carbonyl (C=O) groups excluding carboxylic acids is 1. The minimum atomic E-state index is -0.0835. The highest BCUT2D eigenvalue weighted by molar-refractivity contribution is 9.11. The van der Waals surface area contributed by atoms with E-state index in [0.29, 0.717) is 26.7 Å². The molecule has 4 nitrogen and oxygen atoms in total. The number of aryl methyl sites for hydroxylation is 1. The molecule has 0 bridgehead atoms. The summed E-state index contributed by atoms with van der Waals surface area (Å²) in [6.07, 6.45) is 3.61. The monoisotopic (exact) mass is 522 g/mol. The van der Waals surface area contributed by atoms with Gasteiger partial charge in [0.1, 0.15) is 5.75 Å². The van der Waals surface area contributed by atoms with Gasteiger partial charge in [0.2, 0.25) is 0 Å². The Morgan fingerprint density at radius 1 is 1.21 bits per heavy atom. The highest BCUT2D eigenvalue weighted by Crippen LogP contribution is 2.38. The molecule has 28 heavy (non-hydrogen) atoms. The fraction of sp³-hybridized carbons (Fsp3) is 0.238. The average molecular weight is 524 g/mol. The van der Waals surface area contributed by atoms with E-state index in [1.54, 1.807) is 23.1 Å². The van der Waals surface area contributed by atoms with Crippen LogP contribution in [-0.4, -0.2) is 27.6 Å². The van der Waals surface area contributed by atoms with Crippen LogP contribution in [0.1, 0.15) is 30.9 Å². The zero-order valence-electron chi connectivity index (χ0n) is 15.6. The zero-order valence-corrected chi connectivity index (χ0v) is 19.6. The molecule has 1 aliphatic rings. The molecule has 1 N–H and O–H groups in total. The molecule has 0 aromatic heterocycles. The first-order valence-electron chi connectivity index (χ1n) is 8.94. The van der Waals surface area contributed by atoms with Crippen molar-refractivity contribution in [3.63, 3.8) is 0 Å². The van der Waals surface area contributed by atoms with E-state index in [-0.39, 0.29) is 11.7 Å². The Morgan fingerprint density at radius 3 is 2.61 bits per heavy atom. The number of aliphatic imine (C=N–C) groups is 1. The van der Waals surface area contributed by atoms with Gasteiger partial charge in [-0.05, 0) is 71.4 Å². The van der Waals surface area contributed by atoms with Gasteiger partial charge in [-0.25, -0.2) is 4.99 Å². The quantitative estimate of drug-likeness (QED) is 0.447. The maximum atomic E-state index is 13.0. The Hall–Kier alpha value is -1.57. The van der Waals surface area contributed by atoms with E-state index in [0.717, 1.165) is 23.0 Å². The number of amidine groups is 1. The number of hydrogen-bond donors (Lipinski definition) is 1. The first-order valence-corrected chi connectivity index (χ1v) is 11.3. The lowest BCUT2D eigenvalue weighted by molar-refractivity contribution is -0.122. The third-order valence-electron chi connectivity index (χ3n) is 4.23. The van der Waals surface area contributed by atoms with Crippen molar-refractivity contribution in [1.29, 1.82) is 0 Å². The van der Waals surface area contributed by atoms with Gasteiger partial charge in [0, 0.05) is 16.6 Å². The maximum Gasteiger partial charge on any atom is 0.266 e. The number of carbonyl (C=O) groups is 1. The summed E-state index contributed by atoms with van der Waals surface area (Å²) in [5.74, 6) is 0.0212. The second-order valence-electron chi connectivity index (χ2n) is 6.48. The van der Waals surface area contributed by atoms with Crippen LogP contribution in [0.3, 0.4) is 0 Å². The van der Waals surface area contributed by atoms with Crippen LogP contribution in [0, 0.1) is 6.92 Å². The summed E-state index contributed by atoms with van der Waals surface area (Å²) in [5, 5.41) is 11.0. The van der Waals surface area contributed by atoms with Gasteiger partial charge in [-0.15, -0.1) is 0 Å². The number of thioether (sulfide) groups is 1. The van der Waals surface area contributed by atoms with Crippen molar-refractivity contribution >= 4 is 66.5 Å². The van der Waals surface area contributed by atoms with Crippen LogP contribution < -0.4 is 0 Å². The molecule has 1 fully saturated rings. The number of hydrogen-bond acceptors (Lipinski definition) is 4. The number of phenols is 1. The Labute approximate surface area is 186 Å². The lowest BCUT2D eigenvalue weighted by Gasteiger charge is -2.14. The molecule has 146 valence electrons. The molecule has 1 amide bonds. The molecule has 3 rings (SSSR count). The molecule has 0 spiro atoms. The van der Waals surface area contributed by atoms with E-state index in [4.69, 9.17) is 4.99 Å². The first kappa shape index (κ1) is 21.1. The molecule has 1 heterocycles.